The maximum absolute atomic E-state index is 5.71. The van der Waals surface area contributed by atoms with Crippen LogP contribution in [0.15, 0.2) is 30.3 Å². The van der Waals surface area contributed by atoms with Crippen LogP contribution in [-0.2, 0) is 6.54 Å². The van der Waals surface area contributed by atoms with Crippen LogP contribution >= 0.6 is 0 Å². The van der Waals surface area contributed by atoms with E-state index in [1.165, 1.54) is 64.9 Å². The van der Waals surface area contributed by atoms with Gasteiger partial charge in [-0.15, -0.1) is 0 Å². The molecule has 1 N–H and O–H groups in total. The standard InChI is InChI=1S/C27H34N2O3/c1-5-6-11-28-27-23-8-7-12-29(23)16-22-21-15-25(32-4)24(31-3)14-20(21)19-13-17(30-2)9-10-18(19)26(22)27/h9-10,13-15,23,27-28H,5-8,11-12,16H2,1-4H3/t23-,27+/m0/s1. The van der Waals surface area contributed by atoms with Gasteiger partial charge in [-0.1, -0.05) is 19.4 Å². The largest absolute Gasteiger partial charge is 0.497 e. The van der Waals surface area contributed by atoms with E-state index in [2.05, 4.69) is 47.5 Å². The fourth-order valence-corrected chi connectivity index (χ4v) is 5.79. The lowest BCUT2D eigenvalue weighted by atomic mass is 9.82. The van der Waals surface area contributed by atoms with Gasteiger partial charge in [0, 0.05) is 18.6 Å². The Kier molecular flexibility index (Phi) is 5.87. The Labute approximate surface area is 190 Å². The van der Waals surface area contributed by atoms with Gasteiger partial charge in [-0.2, -0.15) is 0 Å². The third kappa shape index (κ3) is 3.39. The van der Waals surface area contributed by atoms with Crippen LogP contribution in [0.25, 0.3) is 21.5 Å². The van der Waals surface area contributed by atoms with E-state index in [9.17, 15) is 0 Å². The van der Waals surface area contributed by atoms with Crippen LogP contribution < -0.4 is 19.5 Å². The minimum atomic E-state index is 0.334. The molecule has 0 aromatic heterocycles. The molecule has 1 fully saturated rings. The zero-order valence-corrected chi connectivity index (χ0v) is 19.7. The average molecular weight is 435 g/mol. The van der Waals surface area contributed by atoms with Gasteiger partial charge < -0.3 is 19.5 Å². The van der Waals surface area contributed by atoms with E-state index in [4.69, 9.17) is 14.2 Å². The smallest absolute Gasteiger partial charge is 0.161 e. The monoisotopic (exact) mass is 434 g/mol. The molecule has 1 saturated heterocycles. The van der Waals surface area contributed by atoms with E-state index in [1.54, 1.807) is 21.3 Å². The molecule has 0 radical (unpaired) electrons. The highest BCUT2D eigenvalue weighted by Gasteiger charge is 2.39. The molecule has 3 aromatic carbocycles. The zero-order chi connectivity index (χ0) is 22.2. The average Bonchev–Trinajstić information content (AvgIpc) is 3.31. The Morgan fingerprint density at radius 3 is 2.41 bits per heavy atom. The van der Waals surface area contributed by atoms with Gasteiger partial charge in [-0.25, -0.2) is 0 Å². The molecule has 0 amide bonds. The number of methoxy groups -OCH3 is 3. The lowest BCUT2D eigenvalue weighted by Gasteiger charge is -2.40. The van der Waals surface area contributed by atoms with Crippen LogP contribution in [0.1, 0.15) is 49.8 Å². The van der Waals surface area contributed by atoms with E-state index in [1.807, 2.05) is 0 Å². The second-order valence-electron chi connectivity index (χ2n) is 9.02. The van der Waals surface area contributed by atoms with Crippen molar-refractivity contribution in [2.24, 2.45) is 0 Å². The lowest BCUT2D eigenvalue weighted by Crippen LogP contribution is -2.45. The zero-order valence-electron chi connectivity index (χ0n) is 19.7. The molecule has 5 nitrogen and oxygen atoms in total. The number of unbranched alkanes of at least 4 members (excludes halogenated alkanes) is 1. The lowest BCUT2D eigenvalue weighted by molar-refractivity contribution is 0.180. The van der Waals surface area contributed by atoms with Crippen molar-refractivity contribution < 1.29 is 14.2 Å². The highest BCUT2D eigenvalue weighted by atomic mass is 16.5. The summed E-state index contributed by atoms with van der Waals surface area (Å²) >= 11 is 0. The molecule has 0 saturated carbocycles. The summed E-state index contributed by atoms with van der Waals surface area (Å²) in [6.45, 7) is 5.46. The Morgan fingerprint density at radius 2 is 1.69 bits per heavy atom. The molecule has 32 heavy (non-hydrogen) atoms. The van der Waals surface area contributed by atoms with E-state index in [-0.39, 0.29) is 0 Å². The SMILES string of the molecule is CCCCN[C@H]1c2c(c3cc(OC)c(OC)cc3c3cc(OC)ccc23)CN2CCC[C@@H]12. The van der Waals surface area contributed by atoms with Crippen LogP contribution in [0, 0.1) is 0 Å². The van der Waals surface area contributed by atoms with Crippen molar-refractivity contribution in [3.63, 3.8) is 0 Å². The molecule has 0 unspecified atom stereocenters. The molecular weight excluding hydrogens is 400 g/mol. The highest BCUT2D eigenvalue weighted by Crippen LogP contribution is 2.47. The number of hydrogen-bond donors (Lipinski definition) is 1. The van der Waals surface area contributed by atoms with Gasteiger partial charge in [-0.3, -0.25) is 4.90 Å². The molecule has 0 aliphatic carbocycles. The van der Waals surface area contributed by atoms with Crippen molar-refractivity contribution in [3.8, 4) is 17.2 Å². The maximum atomic E-state index is 5.71. The van der Waals surface area contributed by atoms with Crippen LogP contribution in [0.5, 0.6) is 17.2 Å². The number of fused-ring (bicyclic) bond motifs is 7. The van der Waals surface area contributed by atoms with Crippen molar-refractivity contribution >= 4 is 21.5 Å². The molecule has 0 bridgehead atoms. The second-order valence-corrected chi connectivity index (χ2v) is 9.02. The molecule has 170 valence electrons. The third-order valence-corrected chi connectivity index (χ3v) is 7.35. The van der Waals surface area contributed by atoms with Gasteiger partial charge in [0.25, 0.3) is 0 Å². The van der Waals surface area contributed by atoms with E-state index < -0.39 is 0 Å². The summed E-state index contributed by atoms with van der Waals surface area (Å²) < 4.78 is 17.0. The summed E-state index contributed by atoms with van der Waals surface area (Å²) in [5.41, 5.74) is 2.88. The molecule has 5 heteroatoms. The van der Waals surface area contributed by atoms with E-state index in [0.717, 1.165) is 30.3 Å². The molecule has 3 aromatic rings. The minimum absolute atomic E-state index is 0.334. The predicted molar refractivity (Wildman–Crippen MR) is 130 cm³/mol. The van der Waals surface area contributed by atoms with Crippen molar-refractivity contribution in [1.82, 2.24) is 10.2 Å². The number of ether oxygens (including phenoxy) is 3. The van der Waals surface area contributed by atoms with Gasteiger partial charge in [0.15, 0.2) is 11.5 Å². The summed E-state index contributed by atoms with van der Waals surface area (Å²) in [6.07, 6.45) is 4.92. The van der Waals surface area contributed by atoms with Crippen molar-refractivity contribution in [2.45, 2.75) is 51.2 Å². The van der Waals surface area contributed by atoms with Crippen molar-refractivity contribution in [1.29, 1.82) is 0 Å². The maximum Gasteiger partial charge on any atom is 0.161 e. The van der Waals surface area contributed by atoms with Crippen molar-refractivity contribution in [2.75, 3.05) is 34.4 Å². The van der Waals surface area contributed by atoms with Crippen LogP contribution in [-0.4, -0.2) is 45.4 Å². The summed E-state index contributed by atoms with van der Waals surface area (Å²) in [4.78, 5) is 2.68. The fourth-order valence-electron chi connectivity index (χ4n) is 5.79. The molecule has 2 aliphatic rings. The van der Waals surface area contributed by atoms with Gasteiger partial charge in [0.1, 0.15) is 5.75 Å². The molecule has 2 aliphatic heterocycles. The Bertz CT molecular complexity index is 1140. The molecule has 2 heterocycles. The fraction of sp³-hybridized carbons (Fsp3) is 0.481. The normalized spacial score (nSPS) is 20.4. The summed E-state index contributed by atoms with van der Waals surface area (Å²) in [5, 5.41) is 8.94. The predicted octanol–water partition coefficient (Wildman–Crippen LogP) is 5.43. The quantitative estimate of drug-likeness (QED) is 0.397. The summed E-state index contributed by atoms with van der Waals surface area (Å²) in [5.74, 6) is 2.42. The first kappa shape index (κ1) is 21.4. The van der Waals surface area contributed by atoms with Gasteiger partial charge in [0.2, 0.25) is 0 Å². The number of hydrogen-bond acceptors (Lipinski definition) is 5. The second kappa shape index (κ2) is 8.80. The number of rotatable bonds is 7. The highest BCUT2D eigenvalue weighted by molar-refractivity contribution is 6.12. The number of nitrogens with zero attached hydrogens (tertiary/aromatic N) is 1. The number of benzene rings is 3. The van der Waals surface area contributed by atoms with Crippen LogP contribution in [0.3, 0.4) is 0 Å². The minimum Gasteiger partial charge on any atom is -0.497 e. The Balaban J connectivity index is 1.83. The summed E-state index contributed by atoms with van der Waals surface area (Å²) in [7, 11) is 5.15. The van der Waals surface area contributed by atoms with E-state index >= 15 is 0 Å². The Morgan fingerprint density at radius 1 is 0.938 bits per heavy atom. The third-order valence-electron chi connectivity index (χ3n) is 7.35. The van der Waals surface area contributed by atoms with E-state index in [0.29, 0.717) is 12.1 Å². The number of nitrogens with one attached hydrogen (secondary N) is 1. The Hall–Kier alpha value is -2.50. The van der Waals surface area contributed by atoms with Gasteiger partial charge >= 0.3 is 0 Å². The molecule has 2 atom stereocenters. The van der Waals surface area contributed by atoms with Crippen molar-refractivity contribution in [3.05, 3.63) is 41.5 Å². The van der Waals surface area contributed by atoms with Gasteiger partial charge in [0.05, 0.1) is 21.3 Å². The van der Waals surface area contributed by atoms with Gasteiger partial charge in [-0.05, 0) is 89.3 Å². The first-order chi connectivity index (χ1) is 15.7. The molecule has 0 spiro atoms. The van der Waals surface area contributed by atoms with Crippen LogP contribution in [0.2, 0.25) is 0 Å². The molecule has 5 rings (SSSR count). The topological polar surface area (TPSA) is 43.0 Å². The first-order valence-electron chi connectivity index (χ1n) is 11.9. The molecular formula is C27H34N2O3. The van der Waals surface area contributed by atoms with Crippen LogP contribution in [0.4, 0.5) is 0 Å². The summed E-state index contributed by atoms with van der Waals surface area (Å²) in [6, 6.07) is 11.7. The first-order valence-corrected chi connectivity index (χ1v) is 11.9.